The highest BCUT2D eigenvalue weighted by molar-refractivity contribution is 5.77. The third-order valence-electron chi connectivity index (χ3n) is 8.06. The van der Waals surface area contributed by atoms with Gasteiger partial charge >= 0.3 is 5.69 Å². The van der Waals surface area contributed by atoms with Crippen LogP contribution >= 0.6 is 0 Å². The zero-order valence-corrected chi connectivity index (χ0v) is 24.1. The zero-order valence-electron chi connectivity index (χ0n) is 24.1. The highest BCUT2D eigenvalue weighted by Crippen LogP contribution is 2.28. The van der Waals surface area contributed by atoms with Crippen LogP contribution in [0.25, 0.3) is 22.6 Å². The van der Waals surface area contributed by atoms with Crippen LogP contribution in [0.2, 0.25) is 0 Å². The smallest absolute Gasteiger partial charge is 0.332 e. The summed E-state index contributed by atoms with van der Waals surface area (Å²) in [6, 6.07) is 7.14. The lowest BCUT2D eigenvalue weighted by Gasteiger charge is -2.25. The molecule has 0 amide bonds. The fraction of sp³-hybridized carbons (Fsp3) is 0.484. The van der Waals surface area contributed by atoms with Gasteiger partial charge in [0.15, 0.2) is 29.1 Å². The Kier molecular flexibility index (Phi) is 8.66. The van der Waals surface area contributed by atoms with Gasteiger partial charge in [0.1, 0.15) is 11.9 Å². The van der Waals surface area contributed by atoms with Gasteiger partial charge in [-0.25, -0.2) is 23.5 Å². The topological polar surface area (TPSA) is 102 Å². The maximum absolute atomic E-state index is 14.2. The van der Waals surface area contributed by atoms with E-state index < -0.39 is 22.9 Å². The van der Waals surface area contributed by atoms with Crippen molar-refractivity contribution in [1.82, 2.24) is 23.7 Å². The molecule has 4 aromatic rings. The van der Waals surface area contributed by atoms with Crippen molar-refractivity contribution in [3.8, 4) is 17.3 Å². The summed E-state index contributed by atoms with van der Waals surface area (Å²) in [6.45, 7) is 3.24. The summed E-state index contributed by atoms with van der Waals surface area (Å²) < 4.78 is 49.5. The van der Waals surface area contributed by atoms with Crippen LogP contribution in [0.4, 0.5) is 8.78 Å². The van der Waals surface area contributed by atoms with Crippen molar-refractivity contribution in [2.75, 3.05) is 13.2 Å². The number of rotatable bonds is 11. The van der Waals surface area contributed by atoms with E-state index >= 15 is 0 Å². The Morgan fingerprint density at radius 2 is 1.86 bits per heavy atom. The van der Waals surface area contributed by atoms with Crippen LogP contribution in [0, 0.1) is 11.6 Å². The standard InChI is InChI=1S/C31H35F2N5O5/c1-2-36-29-27(30(39)37(31(36)40)14-6-16-42-26-9-3-4-15-41-26)38(19-20-10-12-23(32)24(33)17-20)28(35-29)21-11-13-25(34-18-21)43-22-7-5-8-22/h10-13,17-18,22,26H,2-9,14-16,19H2,1H3. The summed E-state index contributed by atoms with van der Waals surface area (Å²) in [5.41, 5.74) is 0.429. The van der Waals surface area contributed by atoms with Crippen molar-refractivity contribution >= 4 is 11.2 Å². The van der Waals surface area contributed by atoms with E-state index in [-0.39, 0.29) is 43.2 Å². The molecule has 0 spiro atoms. The van der Waals surface area contributed by atoms with E-state index in [1.54, 1.807) is 29.8 Å². The van der Waals surface area contributed by atoms with E-state index in [1.807, 2.05) is 0 Å². The number of nitrogens with zero attached hydrogens (tertiary/aromatic N) is 5. The lowest BCUT2D eigenvalue weighted by atomic mass is 9.96. The number of pyridine rings is 1. The summed E-state index contributed by atoms with van der Waals surface area (Å²) in [7, 11) is 0. The zero-order chi connectivity index (χ0) is 29.9. The maximum atomic E-state index is 14.2. The second-order valence-corrected chi connectivity index (χ2v) is 11.0. The summed E-state index contributed by atoms with van der Waals surface area (Å²) in [6.07, 6.45) is 7.93. The molecule has 12 heteroatoms. The van der Waals surface area contributed by atoms with Crippen LogP contribution < -0.4 is 16.0 Å². The summed E-state index contributed by atoms with van der Waals surface area (Å²) in [5, 5.41) is 0. The maximum Gasteiger partial charge on any atom is 0.332 e. The number of aromatic nitrogens is 5. The molecular formula is C31H35F2N5O5. The second kappa shape index (κ2) is 12.8. The minimum Gasteiger partial charge on any atom is -0.474 e. The molecule has 228 valence electrons. The third kappa shape index (κ3) is 6.12. The average molecular weight is 596 g/mol. The number of imidazole rings is 1. The molecule has 1 aromatic carbocycles. The first-order chi connectivity index (χ1) is 20.9. The lowest BCUT2D eigenvalue weighted by molar-refractivity contribution is -0.163. The summed E-state index contributed by atoms with van der Waals surface area (Å²) in [4.78, 5) is 36.7. The van der Waals surface area contributed by atoms with E-state index in [1.165, 1.54) is 15.2 Å². The molecule has 4 heterocycles. The van der Waals surface area contributed by atoms with E-state index in [9.17, 15) is 18.4 Å². The Labute approximate surface area is 246 Å². The Balaban J connectivity index is 1.39. The van der Waals surface area contributed by atoms with Crippen LogP contribution in [-0.2, 0) is 29.1 Å². The molecule has 6 rings (SSSR count). The molecular weight excluding hydrogens is 560 g/mol. The molecule has 1 unspecified atom stereocenters. The van der Waals surface area contributed by atoms with Gasteiger partial charge in [-0.15, -0.1) is 0 Å². The number of ether oxygens (including phenoxy) is 3. The first-order valence-electron chi connectivity index (χ1n) is 15.0. The molecule has 3 aromatic heterocycles. The van der Waals surface area contributed by atoms with Crippen molar-refractivity contribution in [2.45, 2.75) is 83.9 Å². The summed E-state index contributed by atoms with van der Waals surface area (Å²) in [5.74, 6) is -1.09. The Morgan fingerprint density at radius 1 is 1.00 bits per heavy atom. The Hall–Kier alpha value is -3.90. The number of hydrogen-bond donors (Lipinski definition) is 0. The van der Waals surface area contributed by atoms with Crippen molar-refractivity contribution in [2.24, 2.45) is 0 Å². The lowest BCUT2D eigenvalue weighted by Crippen LogP contribution is -2.40. The van der Waals surface area contributed by atoms with Gasteiger partial charge in [0, 0.05) is 37.5 Å². The van der Waals surface area contributed by atoms with Crippen LogP contribution in [-0.4, -0.2) is 49.3 Å². The number of halogens is 2. The Bertz CT molecular complexity index is 1710. The van der Waals surface area contributed by atoms with E-state index in [4.69, 9.17) is 19.2 Å². The largest absolute Gasteiger partial charge is 0.474 e. The molecule has 1 saturated carbocycles. The predicted molar refractivity (Wildman–Crippen MR) is 155 cm³/mol. The van der Waals surface area contributed by atoms with Crippen LogP contribution in [0.5, 0.6) is 5.88 Å². The highest BCUT2D eigenvalue weighted by Gasteiger charge is 2.24. The quantitative estimate of drug-likeness (QED) is 0.233. The van der Waals surface area contributed by atoms with Gasteiger partial charge in [-0.3, -0.25) is 13.9 Å². The second-order valence-electron chi connectivity index (χ2n) is 11.0. The molecule has 1 atom stereocenters. The molecule has 0 radical (unpaired) electrons. The molecule has 1 saturated heterocycles. The fourth-order valence-corrected chi connectivity index (χ4v) is 5.49. The van der Waals surface area contributed by atoms with Gasteiger partial charge in [0.05, 0.1) is 13.2 Å². The summed E-state index contributed by atoms with van der Waals surface area (Å²) >= 11 is 0. The van der Waals surface area contributed by atoms with Crippen molar-refractivity contribution in [1.29, 1.82) is 0 Å². The van der Waals surface area contributed by atoms with Crippen LogP contribution in [0.1, 0.15) is 57.4 Å². The number of aryl methyl sites for hydroxylation is 1. The van der Waals surface area contributed by atoms with Crippen LogP contribution in [0.15, 0.2) is 46.1 Å². The normalized spacial score (nSPS) is 17.3. The molecule has 1 aliphatic heterocycles. The van der Waals surface area contributed by atoms with Gasteiger partial charge in [-0.2, -0.15) is 0 Å². The average Bonchev–Trinajstić information content (AvgIpc) is 3.36. The number of benzene rings is 1. The number of fused-ring (bicyclic) bond motifs is 1. The fourth-order valence-electron chi connectivity index (χ4n) is 5.49. The van der Waals surface area contributed by atoms with E-state index in [0.29, 0.717) is 42.5 Å². The molecule has 0 bridgehead atoms. The van der Waals surface area contributed by atoms with E-state index in [0.717, 1.165) is 50.7 Å². The van der Waals surface area contributed by atoms with Crippen LogP contribution in [0.3, 0.4) is 0 Å². The van der Waals surface area contributed by atoms with Gasteiger partial charge in [0.2, 0.25) is 5.88 Å². The minimum atomic E-state index is -0.993. The van der Waals surface area contributed by atoms with Gasteiger partial charge < -0.3 is 18.8 Å². The molecule has 0 N–H and O–H groups in total. The third-order valence-corrected chi connectivity index (χ3v) is 8.06. The highest BCUT2D eigenvalue weighted by atomic mass is 19.2. The molecule has 2 aliphatic rings. The number of hydrogen-bond acceptors (Lipinski definition) is 7. The first kappa shape index (κ1) is 29.2. The monoisotopic (exact) mass is 595 g/mol. The molecule has 10 nitrogen and oxygen atoms in total. The van der Waals surface area contributed by atoms with E-state index in [2.05, 4.69) is 4.98 Å². The first-order valence-corrected chi connectivity index (χ1v) is 15.0. The predicted octanol–water partition coefficient (Wildman–Crippen LogP) is 4.63. The molecule has 2 fully saturated rings. The SMILES string of the molecule is CCn1c(=O)n(CCCOC2CCCCO2)c(=O)c2c1nc(-c1ccc(OC3CCC3)nc1)n2Cc1ccc(F)c(F)c1. The van der Waals surface area contributed by atoms with Crippen molar-refractivity contribution in [3.63, 3.8) is 0 Å². The van der Waals surface area contributed by atoms with Gasteiger partial charge in [0.25, 0.3) is 5.56 Å². The van der Waals surface area contributed by atoms with Gasteiger partial charge in [-0.1, -0.05) is 6.07 Å². The molecule has 43 heavy (non-hydrogen) atoms. The Morgan fingerprint density at radius 3 is 2.53 bits per heavy atom. The van der Waals surface area contributed by atoms with Crippen molar-refractivity contribution < 1.29 is 23.0 Å². The minimum absolute atomic E-state index is 0.0165. The molecule has 1 aliphatic carbocycles. The van der Waals surface area contributed by atoms with Gasteiger partial charge in [-0.05, 0) is 75.6 Å². The van der Waals surface area contributed by atoms with Crippen molar-refractivity contribution in [3.05, 3.63) is 74.6 Å².